The van der Waals surface area contributed by atoms with E-state index < -0.39 is 6.43 Å². The summed E-state index contributed by atoms with van der Waals surface area (Å²) in [6.45, 7) is 17.9. The predicted molar refractivity (Wildman–Crippen MR) is 273 cm³/mol. The number of alkyl halides is 2. The molecule has 0 atom stereocenters. The lowest BCUT2D eigenvalue weighted by molar-refractivity contribution is -0.164. The number of aromatic nitrogens is 4. The van der Waals surface area contributed by atoms with Crippen molar-refractivity contribution < 1.29 is 27.8 Å². The van der Waals surface area contributed by atoms with Gasteiger partial charge < -0.3 is 29.5 Å². The van der Waals surface area contributed by atoms with Gasteiger partial charge in [-0.1, -0.05) is 27.7 Å². The van der Waals surface area contributed by atoms with Gasteiger partial charge in [0.2, 0.25) is 5.91 Å². The van der Waals surface area contributed by atoms with Crippen LogP contribution in [0.25, 0.3) is 11.1 Å². The van der Waals surface area contributed by atoms with E-state index in [1.54, 1.807) is 55.3 Å². The molecule has 0 spiro atoms. The lowest BCUT2D eigenvalue weighted by atomic mass is 9.49. The van der Waals surface area contributed by atoms with E-state index >= 15 is 0 Å². The van der Waals surface area contributed by atoms with Gasteiger partial charge in [-0.05, 0) is 105 Å². The molecule has 1 aliphatic carbocycles. The normalized spacial score (nSPS) is 21.6. The Bertz CT molecular complexity index is 2890. The number of hydrogen-bond donors (Lipinski definition) is 1. The summed E-state index contributed by atoms with van der Waals surface area (Å²) in [7, 11) is 3.33. The highest BCUT2D eigenvalue weighted by molar-refractivity contribution is 5.95. The van der Waals surface area contributed by atoms with Crippen LogP contribution in [0.15, 0.2) is 67.0 Å². The van der Waals surface area contributed by atoms with Crippen LogP contribution in [0, 0.1) is 22.2 Å². The van der Waals surface area contributed by atoms with Gasteiger partial charge in [-0.3, -0.25) is 23.9 Å². The number of ether oxygens (including phenoxy) is 2. The number of aryl methyl sites for hydroxylation is 2. The zero-order valence-corrected chi connectivity index (χ0v) is 43.0. The van der Waals surface area contributed by atoms with Gasteiger partial charge in [-0.25, -0.2) is 8.78 Å². The number of piperidine rings is 2. The van der Waals surface area contributed by atoms with Crippen LogP contribution in [0.2, 0.25) is 0 Å². The second-order valence-electron chi connectivity index (χ2n) is 22.2. The Hall–Kier alpha value is -6.47. The largest absolute Gasteiger partial charge is 0.495 e. The summed E-state index contributed by atoms with van der Waals surface area (Å²) in [5, 5.41) is 22.4. The molecule has 4 aliphatic heterocycles. The van der Waals surface area contributed by atoms with Crippen molar-refractivity contribution in [1.82, 2.24) is 34.7 Å². The fourth-order valence-corrected chi connectivity index (χ4v) is 13.1. The number of benzene rings is 3. The average Bonchev–Trinajstić information content (AvgIpc) is 3.99. The topological polar surface area (TPSA) is 137 Å². The van der Waals surface area contributed by atoms with Crippen molar-refractivity contribution in [2.45, 2.75) is 123 Å². The van der Waals surface area contributed by atoms with Crippen molar-refractivity contribution in [2.24, 2.45) is 17.9 Å². The number of nitrogens with zero attached hydrogens (tertiary/aromatic N) is 9. The van der Waals surface area contributed by atoms with Gasteiger partial charge in [-0.15, -0.1) is 0 Å². The summed E-state index contributed by atoms with van der Waals surface area (Å²) in [6, 6.07) is 19.0. The minimum atomic E-state index is -2.66. The number of carbonyl (C=O) groups excluding carboxylic acids is 2. The van der Waals surface area contributed by atoms with Gasteiger partial charge in [0.15, 0.2) is 5.82 Å². The molecular weight excluding hydrogens is 915 g/mol. The van der Waals surface area contributed by atoms with Crippen LogP contribution in [0.1, 0.15) is 124 Å². The molecule has 0 unspecified atom stereocenters. The Morgan fingerprint density at radius 3 is 2.28 bits per heavy atom. The van der Waals surface area contributed by atoms with Crippen molar-refractivity contribution >= 4 is 29.0 Å². The highest BCUT2D eigenvalue weighted by atomic mass is 19.3. The maximum atomic E-state index is 14.8. The summed E-state index contributed by atoms with van der Waals surface area (Å²) in [5.74, 6) is 1.79. The summed E-state index contributed by atoms with van der Waals surface area (Å²) >= 11 is 0. The fraction of sp³-hybridized carbons (Fsp3) is 0.518. The second-order valence-corrected chi connectivity index (χ2v) is 22.2. The molecule has 0 radical (unpaired) electrons. The predicted octanol–water partition coefficient (Wildman–Crippen LogP) is 9.40. The van der Waals surface area contributed by atoms with Crippen LogP contribution >= 0.6 is 0 Å². The van der Waals surface area contributed by atoms with Crippen molar-refractivity contribution in [3.8, 4) is 28.7 Å². The van der Waals surface area contributed by atoms with E-state index in [1.807, 2.05) is 23.1 Å². The van der Waals surface area contributed by atoms with Gasteiger partial charge in [0.05, 0.1) is 31.5 Å². The van der Waals surface area contributed by atoms with Crippen molar-refractivity contribution in [1.29, 1.82) is 5.26 Å². The lowest BCUT2D eigenvalue weighted by Crippen LogP contribution is -2.74. The SMILES string of the molecule is COc1cc(OC2C(C)(C)C(NC(=O)c3ccc(N4CCC(C)(N5CCC(n6nc(N7CCCc8cc(-c9cnn(C)c9)c(C(F)F)cc87)c7c6CCN(C(C)=O)C7)CC5)CC4)cc3)C2(C)C)ccc1C#N. The van der Waals surface area contributed by atoms with E-state index in [0.29, 0.717) is 59.8 Å². The van der Waals surface area contributed by atoms with Gasteiger partial charge in [0.25, 0.3) is 12.3 Å². The first-order chi connectivity index (χ1) is 34.4. The smallest absolute Gasteiger partial charge is 0.264 e. The number of amides is 2. The van der Waals surface area contributed by atoms with Crippen LogP contribution in [0.5, 0.6) is 11.5 Å². The third kappa shape index (κ3) is 8.75. The van der Waals surface area contributed by atoms with Crippen molar-refractivity contribution in [2.75, 3.05) is 56.2 Å². The van der Waals surface area contributed by atoms with Crippen molar-refractivity contribution in [3.05, 3.63) is 101 Å². The maximum Gasteiger partial charge on any atom is 0.264 e. The van der Waals surface area contributed by atoms with Crippen LogP contribution in [0.4, 0.5) is 26.0 Å². The van der Waals surface area contributed by atoms with Crippen molar-refractivity contribution in [3.63, 3.8) is 0 Å². The fourth-order valence-electron chi connectivity index (χ4n) is 13.1. The molecule has 16 heteroatoms. The molecule has 0 bridgehead atoms. The van der Waals surface area contributed by atoms with E-state index in [2.05, 4.69) is 82.6 Å². The highest BCUT2D eigenvalue weighted by Gasteiger charge is 2.64. The molecule has 3 fully saturated rings. The van der Waals surface area contributed by atoms with E-state index in [0.717, 1.165) is 98.7 Å². The van der Waals surface area contributed by atoms with Crippen LogP contribution < -0.4 is 24.6 Å². The van der Waals surface area contributed by atoms with Crippen LogP contribution in [0.3, 0.4) is 0 Å². The van der Waals surface area contributed by atoms with Crippen LogP contribution in [-0.4, -0.2) is 105 Å². The number of nitriles is 1. The summed E-state index contributed by atoms with van der Waals surface area (Å²) in [4.78, 5) is 35.6. The average molecular weight is 983 g/mol. The Morgan fingerprint density at radius 1 is 0.917 bits per heavy atom. The minimum absolute atomic E-state index is 0.0130. The molecule has 380 valence electrons. The summed E-state index contributed by atoms with van der Waals surface area (Å²) in [5.41, 5.74) is 6.66. The Kier molecular flexibility index (Phi) is 12.9. The van der Waals surface area contributed by atoms with E-state index in [4.69, 9.17) is 14.6 Å². The molecule has 10 rings (SSSR count). The van der Waals surface area contributed by atoms with Gasteiger partial charge in [0.1, 0.15) is 23.7 Å². The third-order valence-corrected chi connectivity index (χ3v) is 17.0. The first-order valence-corrected chi connectivity index (χ1v) is 25.6. The first kappa shape index (κ1) is 49.1. The zero-order chi connectivity index (χ0) is 50.9. The maximum absolute atomic E-state index is 14.8. The monoisotopic (exact) mass is 983 g/mol. The number of methoxy groups -OCH3 is 1. The number of nitrogens with one attached hydrogen (secondary N) is 1. The van der Waals surface area contributed by atoms with Gasteiger partial charge >= 0.3 is 0 Å². The van der Waals surface area contributed by atoms with E-state index in [9.17, 15) is 23.6 Å². The Labute approximate surface area is 421 Å². The molecule has 2 saturated heterocycles. The second kappa shape index (κ2) is 18.9. The number of halogens is 2. The lowest BCUT2D eigenvalue weighted by Gasteiger charge is -2.63. The van der Waals surface area contributed by atoms with Crippen LogP contribution in [-0.2, 0) is 31.2 Å². The Balaban J connectivity index is 0.777. The molecule has 1 N–H and O–H groups in total. The number of hydrogen-bond acceptors (Lipinski definition) is 10. The number of anilines is 3. The summed E-state index contributed by atoms with van der Waals surface area (Å²) in [6.07, 6.45) is 6.85. The summed E-state index contributed by atoms with van der Waals surface area (Å²) < 4.78 is 45.4. The number of carbonyl (C=O) groups is 2. The highest BCUT2D eigenvalue weighted by Crippen LogP contribution is 2.56. The Morgan fingerprint density at radius 2 is 1.64 bits per heavy atom. The zero-order valence-electron chi connectivity index (χ0n) is 43.0. The third-order valence-electron chi connectivity index (χ3n) is 17.0. The van der Waals surface area contributed by atoms with Gasteiger partial charge in [-0.2, -0.15) is 15.5 Å². The molecule has 14 nitrogen and oxygen atoms in total. The molecule has 2 aromatic heterocycles. The molecule has 5 aliphatic rings. The van der Waals surface area contributed by atoms with E-state index in [-0.39, 0.29) is 51.9 Å². The number of rotatable bonds is 11. The number of likely N-dealkylation sites (tertiary alicyclic amines) is 1. The molecule has 72 heavy (non-hydrogen) atoms. The number of fused-ring (bicyclic) bond motifs is 2. The molecule has 3 aromatic carbocycles. The molecule has 1 saturated carbocycles. The molecular formula is C56H68F2N10O4. The molecule has 5 aromatic rings. The van der Waals surface area contributed by atoms with Gasteiger partial charge in [0, 0.05) is 134 Å². The molecule has 2 amide bonds. The van der Waals surface area contributed by atoms with E-state index in [1.165, 1.54) is 7.11 Å². The minimum Gasteiger partial charge on any atom is -0.495 e. The standard InChI is InChI=1S/C56H68F2N10O4/c1-35(69)65-23-19-46-45(34-65)50(67-22-9-10-37-28-43(39-32-60-63(7)33-39)44(49(57)58)30-47(37)67)62-68(46)41-17-24-66(25-18-41)56(6)20-26-64(27-21-56)40-14-11-36(12-15-40)51(70)61-52-54(2,3)53(55(52,4)5)72-42-16-13-38(31-59)48(29-42)71-8/h11-16,28-30,32-33,41,49,52-53H,9-10,17-27,34H2,1-8H3,(H,61,70). The first-order valence-electron chi connectivity index (χ1n) is 25.6. The molecule has 6 heterocycles. The quantitative estimate of drug-likeness (QED) is 0.136.